The second-order valence-electron chi connectivity index (χ2n) is 3.51. The lowest BCUT2D eigenvalue weighted by Crippen LogP contribution is -2.02. The fourth-order valence-corrected chi connectivity index (χ4v) is 2.13. The van der Waals surface area contributed by atoms with Gasteiger partial charge in [-0.3, -0.25) is 5.10 Å². The summed E-state index contributed by atoms with van der Waals surface area (Å²) in [5, 5.41) is 7.70. The number of carbonyl (C=O) groups excluding carboxylic acids is 1. The van der Waals surface area contributed by atoms with Crippen molar-refractivity contribution in [3.8, 4) is 0 Å². The van der Waals surface area contributed by atoms with Gasteiger partial charge in [-0.15, -0.1) is 0 Å². The number of carbonyl (C=O) groups is 1. The average Bonchev–Trinajstić information content (AvgIpc) is 2.77. The number of esters is 1. The standard InChI is InChI=1S/C12H11BrN2O3/c1-17-4-3-9-11-8(12(16)18-2)5-7(13)6-10(11)15-14-9/h3-6H,1-2H3,(H,14,15)/b4-3+. The van der Waals surface area contributed by atoms with E-state index in [2.05, 4.69) is 26.1 Å². The molecular weight excluding hydrogens is 300 g/mol. The fraction of sp³-hybridized carbons (Fsp3) is 0.167. The van der Waals surface area contributed by atoms with E-state index in [1.54, 1.807) is 19.3 Å². The van der Waals surface area contributed by atoms with E-state index in [-0.39, 0.29) is 0 Å². The number of methoxy groups -OCH3 is 2. The number of nitrogens with zero attached hydrogens (tertiary/aromatic N) is 1. The first-order valence-electron chi connectivity index (χ1n) is 5.12. The van der Waals surface area contributed by atoms with Crippen molar-refractivity contribution in [3.05, 3.63) is 34.1 Å². The van der Waals surface area contributed by atoms with Gasteiger partial charge < -0.3 is 9.47 Å². The van der Waals surface area contributed by atoms with Crippen LogP contribution in [0.1, 0.15) is 16.1 Å². The predicted molar refractivity (Wildman–Crippen MR) is 71.2 cm³/mol. The Morgan fingerprint density at radius 2 is 2.22 bits per heavy atom. The van der Waals surface area contributed by atoms with Gasteiger partial charge in [-0.25, -0.2) is 4.79 Å². The minimum atomic E-state index is -0.408. The number of nitrogens with one attached hydrogen (secondary N) is 1. The van der Waals surface area contributed by atoms with Gasteiger partial charge in [-0.05, 0) is 12.1 Å². The molecule has 2 rings (SSSR count). The molecule has 1 aromatic carbocycles. The number of hydrogen-bond donors (Lipinski definition) is 1. The molecule has 0 radical (unpaired) electrons. The van der Waals surface area contributed by atoms with E-state index < -0.39 is 5.97 Å². The highest BCUT2D eigenvalue weighted by atomic mass is 79.9. The molecule has 1 heterocycles. The summed E-state index contributed by atoms with van der Waals surface area (Å²) in [5.74, 6) is -0.408. The Hall–Kier alpha value is -1.82. The van der Waals surface area contributed by atoms with Crippen LogP contribution < -0.4 is 0 Å². The number of hydrogen-bond acceptors (Lipinski definition) is 4. The molecule has 0 fully saturated rings. The van der Waals surface area contributed by atoms with Crippen LogP contribution in [0.15, 0.2) is 22.9 Å². The molecule has 0 amide bonds. The molecule has 18 heavy (non-hydrogen) atoms. The molecule has 0 saturated carbocycles. The zero-order chi connectivity index (χ0) is 13.1. The lowest BCUT2D eigenvalue weighted by molar-refractivity contribution is 0.0603. The Morgan fingerprint density at radius 3 is 2.89 bits per heavy atom. The minimum absolute atomic E-state index is 0.408. The van der Waals surface area contributed by atoms with Gasteiger partial charge >= 0.3 is 5.97 Å². The minimum Gasteiger partial charge on any atom is -0.504 e. The average molecular weight is 311 g/mol. The highest BCUT2D eigenvalue weighted by Crippen LogP contribution is 2.27. The number of ether oxygens (including phenoxy) is 2. The van der Waals surface area contributed by atoms with E-state index >= 15 is 0 Å². The van der Waals surface area contributed by atoms with Gasteiger partial charge in [0.2, 0.25) is 0 Å². The zero-order valence-corrected chi connectivity index (χ0v) is 11.4. The van der Waals surface area contributed by atoms with Crippen molar-refractivity contribution in [1.29, 1.82) is 0 Å². The van der Waals surface area contributed by atoms with Crippen LogP contribution in [0.5, 0.6) is 0 Å². The second kappa shape index (κ2) is 5.22. The summed E-state index contributed by atoms with van der Waals surface area (Å²) < 4.78 is 10.4. The fourth-order valence-electron chi connectivity index (χ4n) is 1.67. The third-order valence-corrected chi connectivity index (χ3v) is 2.88. The molecule has 0 atom stereocenters. The molecule has 0 aliphatic carbocycles. The molecular formula is C12H11BrN2O3. The Kier molecular flexibility index (Phi) is 3.66. The molecule has 1 N–H and O–H groups in total. The van der Waals surface area contributed by atoms with Crippen molar-refractivity contribution in [1.82, 2.24) is 10.2 Å². The van der Waals surface area contributed by atoms with Crippen LogP contribution in [-0.4, -0.2) is 30.4 Å². The highest BCUT2D eigenvalue weighted by Gasteiger charge is 2.16. The molecule has 0 unspecified atom stereocenters. The van der Waals surface area contributed by atoms with Crippen molar-refractivity contribution in [2.24, 2.45) is 0 Å². The van der Waals surface area contributed by atoms with Crippen LogP contribution >= 0.6 is 15.9 Å². The second-order valence-corrected chi connectivity index (χ2v) is 4.43. The summed E-state index contributed by atoms with van der Waals surface area (Å²) in [7, 11) is 2.89. The van der Waals surface area contributed by atoms with Gasteiger partial charge in [-0.2, -0.15) is 5.10 Å². The zero-order valence-electron chi connectivity index (χ0n) is 9.86. The maximum atomic E-state index is 11.8. The first kappa shape index (κ1) is 12.6. The van der Waals surface area contributed by atoms with Gasteiger partial charge in [-0.1, -0.05) is 15.9 Å². The third kappa shape index (κ3) is 2.24. The molecule has 0 aliphatic rings. The van der Waals surface area contributed by atoms with E-state index in [0.717, 1.165) is 9.99 Å². The smallest absolute Gasteiger partial charge is 0.338 e. The number of rotatable bonds is 3. The topological polar surface area (TPSA) is 64.2 Å². The SMILES string of the molecule is CO/C=C/c1n[nH]c2cc(Br)cc(C(=O)OC)c12. The van der Waals surface area contributed by atoms with Gasteiger partial charge in [0, 0.05) is 15.9 Å². The number of aromatic amines is 1. The molecule has 0 bridgehead atoms. The van der Waals surface area contributed by atoms with Crippen molar-refractivity contribution in [2.75, 3.05) is 14.2 Å². The number of aromatic nitrogens is 2. The molecule has 0 aliphatic heterocycles. The first-order valence-corrected chi connectivity index (χ1v) is 5.92. The van der Waals surface area contributed by atoms with Gasteiger partial charge in [0.25, 0.3) is 0 Å². The Balaban J connectivity index is 2.69. The highest BCUT2D eigenvalue weighted by molar-refractivity contribution is 9.10. The molecule has 2 aromatic rings. The van der Waals surface area contributed by atoms with Crippen LogP contribution in [0.3, 0.4) is 0 Å². The quantitative estimate of drug-likeness (QED) is 0.699. The van der Waals surface area contributed by atoms with E-state index in [1.165, 1.54) is 13.4 Å². The summed E-state index contributed by atoms with van der Waals surface area (Å²) in [5.41, 5.74) is 1.83. The molecule has 6 heteroatoms. The van der Waals surface area contributed by atoms with E-state index in [0.29, 0.717) is 16.6 Å². The Labute approximate surface area is 112 Å². The van der Waals surface area contributed by atoms with Gasteiger partial charge in [0.05, 0.1) is 37.3 Å². The summed E-state index contributed by atoms with van der Waals surface area (Å²) in [6.07, 6.45) is 3.18. The van der Waals surface area contributed by atoms with E-state index in [1.807, 2.05) is 6.07 Å². The van der Waals surface area contributed by atoms with Crippen molar-refractivity contribution in [3.63, 3.8) is 0 Å². The summed E-state index contributed by atoms with van der Waals surface area (Å²) in [6, 6.07) is 3.55. The van der Waals surface area contributed by atoms with Gasteiger partial charge in [0.1, 0.15) is 0 Å². The monoisotopic (exact) mass is 310 g/mol. The lowest BCUT2D eigenvalue weighted by Gasteiger charge is -2.02. The first-order chi connectivity index (χ1) is 8.67. The van der Waals surface area contributed by atoms with Crippen LogP contribution in [0, 0.1) is 0 Å². The maximum absolute atomic E-state index is 11.8. The van der Waals surface area contributed by atoms with Crippen molar-refractivity contribution < 1.29 is 14.3 Å². The van der Waals surface area contributed by atoms with E-state index in [9.17, 15) is 4.79 Å². The number of fused-ring (bicyclic) bond motifs is 1. The summed E-state index contributed by atoms with van der Waals surface area (Å²) >= 11 is 3.34. The molecule has 0 spiro atoms. The Bertz CT molecular complexity index is 619. The number of H-pyrrole nitrogens is 1. The normalized spacial score (nSPS) is 11.1. The predicted octanol–water partition coefficient (Wildman–Crippen LogP) is 2.73. The van der Waals surface area contributed by atoms with Crippen LogP contribution in [0.2, 0.25) is 0 Å². The van der Waals surface area contributed by atoms with Crippen LogP contribution in [0.25, 0.3) is 17.0 Å². The largest absolute Gasteiger partial charge is 0.504 e. The Morgan fingerprint density at radius 1 is 1.44 bits per heavy atom. The number of benzene rings is 1. The molecule has 0 saturated heterocycles. The van der Waals surface area contributed by atoms with Crippen LogP contribution in [0.4, 0.5) is 0 Å². The number of halogens is 1. The third-order valence-electron chi connectivity index (χ3n) is 2.42. The summed E-state index contributed by atoms with van der Waals surface area (Å²) in [6.45, 7) is 0. The van der Waals surface area contributed by atoms with Crippen molar-refractivity contribution in [2.45, 2.75) is 0 Å². The molecule has 5 nitrogen and oxygen atoms in total. The molecule has 1 aromatic heterocycles. The van der Waals surface area contributed by atoms with E-state index in [4.69, 9.17) is 9.47 Å². The van der Waals surface area contributed by atoms with Crippen LogP contribution in [-0.2, 0) is 9.47 Å². The molecule has 94 valence electrons. The maximum Gasteiger partial charge on any atom is 0.338 e. The van der Waals surface area contributed by atoms with Gasteiger partial charge in [0.15, 0.2) is 0 Å². The van der Waals surface area contributed by atoms with Crippen molar-refractivity contribution >= 4 is 38.9 Å². The summed E-state index contributed by atoms with van der Waals surface area (Å²) in [4.78, 5) is 11.8. The lowest BCUT2D eigenvalue weighted by atomic mass is 10.1.